The molecule has 3 rings (SSSR count). The van der Waals surface area contributed by atoms with Crippen molar-refractivity contribution in [3.8, 4) is 0 Å². The number of ether oxygens (including phenoxy) is 1. The molecule has 2 aromatic rings. The number of aromatic nitrogens is 1. The molecule has 4 heteroatoms. The molecule has 2 heterocycles. The normalized spacial score (nSPS) is 20.0. The molecule has 0 spiro atoms. The van der Waals surface area contributed by atoms with Crippen LogP contribution in [0, 0.1) is 0 Å². The Morgan fingerprint density at radius 1 is 1.21 bits per heavy atom. The summed E-state index contributed by atoms with van der Waals surface area (Å²) in [5, 5.41) is 3.65. The van der Waals surface area contributed by atoms with Crippen molar-refractivity contribution in [1.29, 1.82) is 0 Å². The first-order chi connectivity index (χ1) is 11.8. The minimum absolute atomic E-state index is 0.240. The van der Waals surface area contributed by atoms with E-state index < -0.39 is 0 Å². The topological polar surface area (TPSA) is 37.4 Å². The van der Waals surface area contributed by atoms with Crippen LogP contribution in [0.3, 0.4) is 0 Å². The average Bonchev–Trinajstić information content (AvgIpc) is 2.64. The van der Waals surface area contributed by atoms with Crippen molar-refractivity contribution in [3.05, 3.63) is 66.0 Å². The molecule has 1 aliphatic rings. The number of hydrogen-bond acceptors (Lipinski definition) is 4. The van der Waals surface area contributed by atoms with E-state index in [-0.39, 0.29) is 6.10 Å². The average molecular weight is 325 g/mol. The van der Waals surface area contributed by atoms with Gasteiger partial charge in [0.25, 0.3) is 0 Å². The van der Waals surface area contributed by atoms with Crippen LogP contribution in [0.25, 0.3) is 0 Å². The molecule has 1 aromatic heterocycles. The molecule has 2 atom stereocenters. The smallest absolute Gasteiger partial charge is 0.0855 e. The summed E-state index contributed by atoms with van der Waals surface area (Å²) < 4.78 is 6.07. The van der Waals surface area contributed by atoms with Crippen LogP contribution in [0.2, 0.25) is 0 Å². The quantitative estimate of drug-likeness (QED) is 0.849. The van der Waals surface area contributed by atoms with Gasteiger partial charge in [-0.15, -0.1) is 0 Å². The highest BCUT2D eigenvalue weighted by molar-refractivity contribution is 5.14. The summed E-state index contributed by atoms with van der Waals surface area (Å²) in [6.07, 6.45) is 5.03. The lowest BCUT2D eigenvalue weighted by molar-refractivity contribution is -0.0499. The fourth-order valence-corrected chi connectivity index (χ4v) is 3.25. The van der Waals surface area contributed by atoms with E-state index in [0.717, 1.165) is 39.2 Å². The number of pyridine rings is 1. The number of nitrogens with zero attached hydrogens (tertiary/aromatic N) is 2. The third kappa shape index (κ3) is 4.87. The van der Waals surface area contributed by atoms with E-state index >= 15 is 0 Å². The molecular formula is C20H27N3O. The van der Waals surface area contributed by atoms with Crippen LogP contribution >= 0.6 is 0 Å². The molecule has 24 heavy (non-hydrogen) atoms. The molecule has 1 N–H and O–H groups in total. The van der Waals surface area contributed by atoms with Gasteiger partial charge in [0.05, 0.1) is 12.7 Å². The minimum atomic E-state index is 0.240. The molecular weight excluding hydrogens is 298 g/mol. The van der Waals surface area contributed by atoms with E-state index in [9.17, 15) is 0 Å². The third-order valence-electron chi connectivity index (χ3n) is 4.61. The van der Waals surface area contributed by atoms with Crippen LogP contribution < -0.4 is 5.32 Å². The Kier molecular flexibility index (Phi) is 6.35. The Hall–Kier alpha value is -1.75. The van der Waals surface area contributed by atoms with Gasteiger partial charge in [-0.25, -0.2) is 0 Å². The Balaban J connectivity index is 1.53. The van der Waals surface area contributed by atoms with Gasteiger partial charge < -0.3 is 10.1 Å². The first kappa shape index (κ1) is 17.1. The summed E-state index contributed by atoms with van der Waals surface area (Å²) in [4.78, 5) is 6.68. The molecule has 0 radical (unpaired) electrons. The third-order valence-corrected chi connectivity index (χ3v) is 4.61. The van der Waals surface area contributed by atoms with Crippen LogP contribution in [0.5, 0.6) is 0 Å². The van der Waals surface area contributed by atoms with E-state index in [1.165, 1.54) is 11.1 Å². The van der Waals surface area contributed by atoms with Gasteiger partial charge in [0.15, 0.2) is 0 Å². The Morgan fingerprint density at radius 2 is 2.04 bits per heavy atom. The monoisotopic (exact) mass is 325 g/mol. The van der Waals surface area contributed by atoms with E-state index in [4.69, 9.17) is 4.74 Å². The SMILES string of the molecule is CC[C@@H](NCc1cccnc1)[C@H]1CN(Cc2ccccc2)CCO1. The van der Waals surface area contributed by atoms with Crippen molar-refractivity contribution < 1.29 is 4.74 Å². The highest BCUT2D eigenvalue weighted by Gasteiger charge is 2.26. The van der Waals surface area contributed by atoms with Crippen LogP contribution in [0.15, 0.2) is 54.9 Å². The van der Waals surface area contributed by atoms with Gasteiger partial charge >= 0.3 is 0 Å². The van der Waals surface area contributed by atoms with Crippen LogP contribution in [0.4, 0.5) is 0 Å². The standard InChI is InChI=1S/C20H27N3O/c1-2-19(22-14-18-9-6-10-21-13-18)20-16-23(11-12-24-20)15-17-7-4-3-5-8-17/h3-10,13,19-20,22H,2,11-12,14-16H2,1H3/t19-,20-/m1/s1. The van der Waals surface area contributed by atoms with E-state index in [1.54, 1.807) is 0 Å². The van der Waals surface area contributed by atoms with Gasteiger partial charge in [-0.3, -0.25) is 9.88 Å². The van der Waals surface area contributed by atoms with Crippen LogP contribution in [-0.4, -0.2) is 41.7 Å². The second-order valence-electron chi connectivity index (χ2n) is 6.39. The van der Waals surface area contributed by atoms with Crippen LogP contribution in [0.1, 0.15) is 24.5 Å². The zero-order valence-electron chi connectivity index (χ0n) is 14.4. The first-order valence-electron chi connectivity index (χ1n) is 8.85. The number of morpholine rings is 1. The lowest BCUT2D eigenvalue weighted by atomic mass is 10.1. The van der Waals surface area contributed by atoms with Crippen molar-refractivity contribution in [2.45, 2.75) is 38.6 Å². The lowest BCUT2D eigenvalue weighted by Crippen LogP contribution is -2.51. The molecule has 0 bridgehead atoms. The predicted molar refractivity (Wildman–Crippen MR) is 96.6 cm³/mol. The van der Waals surface area contributed by atoms with Gasteiger partial charge in [-0.2, -0.15) is 0 Å². The first-order valence-corrected chi connectivity index (χ1v) is 8.85. The lowest BCUT2D eigenvalue weighted by Gasteiger charge is -2.37. The Morgan fingerprint density at radius 3 is 2.79 bits per heavy atom. The molecule has 1 aromatic carbocycles. The summed E-state index contributed by atoms with van der Waals surface area (Å²) >= 11 is 0. The van der Waals surface area contributed by atoms with Crippen molar-refractivity contribution >= 4 is 0 Å². The van der Waals surface area contributed by atoms with Gasteiger partial charge in [0, 0.05) is 44.6 Å². The highest BCUT2D eigenvalue weighted by atomic mass is 16.5. The molecule has 0 amide bonds. The number of rotatable bonds is 7. The van der Waals surface area contributed by atoms with Crippen molar-refractivity contribution in [2.24, 2.45) is 0 Å². The molecule has 4 nitrogen and oxygen atoms in total. The molecule has 1 saturated heterocycles. The van der Waals surface area contributed by atoms with Gasteiger partial charge in [-0.05, 0) is 23.6 Å². The number of benzene rings is 1. The molecule has 0 saturated carbocycles. The predicted octanol–water partition coefficient (Wildman–Crippen LogP) is 2.85. The number of hydrogen-bond donors (Lipinski definition) is 1. The maximum Gasteiger partial charge on any atom is 0.0855 e. The zero-order valence-corrected chi connectivity index (χ0v) is 14.4. The van der Waals surface area contributed by atoms with Crippen LogP contribution in [-0.2, 0) is 17.8 Å². The van der Waals surface area contributed by atoms with Crippen molar-refractivity contribution in [1.82, 2.24) is 15.2 Å². The molecule has 0 unspecified atom stereocenters. The summed E-state index contributed by atoms with van der Waals surface area (Å²) in [6, 6.07) is 15.1. The fourth-order valence-electron chi connectivity index (χ4n) is 3.25. The highest BCUT2D eigenvalue weighted by Crippen LogP contribution is 2.15. The van der Waals surface area contributed by atoms with Crippen molar-refractivity contribution in [2.75, 3.05) is 19.7 Å². The van der Waals surface area contributed by atoms with Gasteiger partial charge in [0.2, 0.25) is 0 Å². The summed E-state index contributed by atoms with van der Waals surface area (Å²) in [7, 11) is 0. The zero-order chi connectivity index (χ0) is 16.6. The van der Waals surface area contributed by atoms with Gasteiger partial charge in [0.1, 0.15) is 0 Å². The van der Waals surface area contributed by atoms with E-state index in [1.807, 2.05) is 18.5 Å². The second-order valence-corrected chi connectivity index (χ2v) is 6.39. The number of nitrogens with one attached hydrogen (secondary N) is 1. The molecule has 0 aliphatic carbocycles. The maximum absolute atomic E-state index is 6.07. The van der Waals surface area contributed by atoms with Crippen molar-refractivity contribution in [3.63, 3.8) is 0 Å². The minimum Gasteiger partial charge on any atom is -0.374 e. The Bertz CT molecular complexity index is 590. The largest absolute Gasteiger partial charge is 0.374 e. The second kappa shape index (κ2) is 8.92. The fraction of sp³-hybridized carbons (Fsp3) is 0.450. The molecule has 1 fully saturated rings. The summed E-state index contributed by atoms with van der Waals surface area (Å²) in [5.41, 5.74) is 2.59. The Labute approximate surface area is 144 Å². The summed E-state index contributed by atoms with van der Waals surface area (Å²) in [5.74, 6) is 0. The molecule has 1 aliphatic heterocycles. The maximum atomic E-state index is 6.07. The molecule has 128 valence electrons. The summed E-state index contributed by atoms with van der Waals surface area (Å²) in [6.45, 7) is 6.85. The van der Waals surface area contributed by atoms with E-state index in [0.29, 0.717) is 6.04 Å². The van der Waals surface area contributed by atoms with Gasteiger partial charge in [-0.1, -0.05) is 43.3 Å². The van der Waals surface area contributed by atoms with E-state index in [2.05, 4.69) is 58.5 Å².